The van der Waals surface area contributed by atoms with Crippen LogP contribution in [0.4, 0.5) is 8.78 Å². The minimum atomic E-state index is -0.840. The van der Waals surface area contributed by atoms with E-state index in [1.165, 1.54) is 6.07 Å². The van der Waals surface area contributed by atoms with E-state index in [1.54, 1.807) is 25.3 Å². The largest absolute Gasteiger partial charge is 0.495 e. The fourth-order valence-electron chi connectivity index (χ4n) is 1.87. The van der Waals surface area contributed by atoms with Gasteiger partial charge in [0.25, 0.3) is 0 Å². The van der Waals surface area contributed by atoms with Crippen LogP contribution in [-0.2, 0) is 6.42 Å². The van der Waals surface area contributed by atoms with Gasteiger partial charge in [-0.25, -0.2) is 8.78 Å². The highest BCUT2D eigenvalue weighted by atomic mass is 79.9. The summed E-state index contributed by atoms with van der Waals surface area (Å²) in [5.74, 6) is -1.08. The Morgan fingerprint density at radius 1 is 1.15 bits per heavy atom. The topological polar surface area (TPSA) is 9.23 Å². The van der Waals surface area contributed by atoms with Gasteiger partial charge in [-0.15, -0.1) is 0 Å². The van der Waals surface area contributed by atoms with Crippen molar-refractivity contribution in [1.29, 1.82) is 0 Å². The second-order valence-corrected chi connectivity index (χ2v) is 5.83. The molecule has 0 saturated heterocycles. The van der Waals surface area contributed by atoms with E-state index in [2.05, 4.69) is 15.9 Å². The van der Waals surface area contributed by atoms with Crippen LogP contribution in [0.3, 0.4) is 0 Å². The quantitative estimate of drug-likeness (QED) is 0.671. The molecule has 1 unspecified atom stereocenters. The molecule has 2 aromatic carbocycles. The number of rotatable bonds is 4. The van der Waals surface area contributed by atoms with Crippen LogP contribution >= 0.6 is 27.5 Å². The van der Waals surface area contributed by atoms with Crippen LogP contribution in [0, 0.1) is 11.6 Å². The molecule has 5 heteroatoms. The van der Waals surface area contributed by atoms with E-state index >= 15 is 0 Å². The minimum Gasteiger partial charge on any atom is -0.495 e. The molecule has 20 heavy (non-hydrogen) atoms. The van der Waals surface area contributed by atoms with E-state index in [0.29, 0.717) is 22.8 Å². The number of hydrogen-bond donors (Lipinski definition) is 0. The highest BCUT2D eigenvalue weighted by molar-refractivity contribution is 9.09. The van der Waals surface area contributed by atoms with Crippen molar-refractivity contribution in [2.45, 2.75) is 11.2 Å². The standard InChI is InChI=1S/C15H12BrClF2O/c1-20-15-5-3-10(8-12(15)17)11(16)6-9-2-4-13(18)14(19)7-9/h2-5,7-8,11H,6H2,1H3. The third-order valence-corrected chi connectivity index (χ3v) is 4.08. The van der Waals surface area contributed by atoms with Crippen LogP contribution in [0.5, 0.6) is 5.75 Å². The Morgan fingerprint density at radius 2 is 1.90 bits per heavy atom. The lowest BCUT2D eigenvalue weighted by atomic mass is 10.0. The maximum Gasteiger partial charge on any atom is 0.159 e. The van der Waals surface area contributed by atoms with Gasteiger partial charge in [-0.1, -0.05) is 39.7 Å². The Balaban J connectivity index is 2.17. The molecule has 106 valence electrons. The van der Waals surface area contributed by atoms with Crippen LogP contribution in [0.15, 0.2) is 36.4 Å². The van der Waals surface area contributed by atoms with Gasteiger partial charge in [0.15, 0.2) is 11.6 Å². The number of hydrogen-bond acceptors (Lipinski definition) is 1. The zero-order valence-electron chi connectivity index (χ0n) is 10.7. The second kappa shape index (κ2) is 6.55. The Hall–Kier alpha value is -1.13. The van der Waals surface area contributed by atoms with Crippen molar-refractivity contribution in [3.05, 3.63) is 64.2 Å². The first kappa shape index (κ1) is 15.3. The molecule has 0 radical (unpaired) electrons. The molecule has 0 aliphatic heterocycles. The number of ether oxygens (including phenoxy) is 1. The van der Waals surface area contributed by atoms with Gasteiger partial charge < -0.3 is 4.74 Å². The molecule has 0 bridgehead atoms. The Kier molecular flexibility index (Phi) is 5.00. The zero-order valence-corrected chi connectivity index (χ0v) is 13.0. The van der Waals surface area contributed by atoms with Crippen LogP contribution in [0.2, 0.25) is 5.02 Å². The normalized spacial score (nSPS) is 12.2. The molecule has 0 amide bonds. The van der Waals surface area contributed by atoms with Gasteiger partial charge in [0.1, 0.15) is 5.75 Å². The van der Waals surface area contributed by atoms with Crippen LogP contribution < -0.4 is 4.74 Å². The number of alkyl halides is 1. The van der Waals surface area contributed by atoms with E-state index in [-0.39, 0.29) is 4.83 Å². The van der Waals surface area contributed by atoms with Crippen LogP contribution in [0.1, 0.15) is 16.0 Å². The first-order valence-corrected chi connectivity index (χ1v) is 7.22. The summed E-state index contributed by atoms with van der Waals surface area (Å²) in [7, 11) is 1.55. The van der Waals surface area contributed by atoms with Gasteiger partial charge >= 0.3 is 0 Å². The summed E-state index contributed by atoms with van der Waals surface area (Å²) in [6.45, 7) is 0. The molecule has 0 aliphatic rings. The van der Waals surface area contributed by atoms with Crippen molar-refractivity contribution >= 4 is 27.5 Å². The SMILES string of the molecule is COc1ccc(C(Br)Cc2ccc(F)c(F)c2)cc1Cl. The summed E-state index contributed by atoms with van der Waals surface area (Å²) in [5, 5.41) is 0.514. The third-order valence-electron chi connectivity index (χ3n) is 2.94. The smallest absolute Gasteiger partial charge is 0.159 e. The highest BCUT2D eigenvalue weighted by Gasteiger charge is 2.12. The van der Waals surface area contributed by atoms with Gasteiger partial charge in [0.2, 0.25) is 0 Å². The summed E-state index contributed by atoms with van der Waals surface area (Å²) in [5.41, 5.74) is 1.65. The van der Waals surface area contributed by atoms with E-state index in [9.17, 15) is 8.78 Å². The van der Waals surface area contributed by atoms with Crippen LogP contribution in [-0.4, -0.2) is 7.11 Å². The van der Waals surface area contributed by atoms with Gasteiger partial charge in [-0.2, -0.15) is 0 Å². The molecule has 0 saturated carbocycles. The monoisotopic (exact) mass is 360 g/mol. The number of benzene rings is 2. The van der Waals surface area contributed by atoms with Crippen molar-refractivity contribution in [1.82, 2.24) is 0 Å². The fraction of sp³-hybridized carbons (Fsp3) is 0.200. The average molecular weight is 362 g/mol. The molecule has 0 spiro atoms. The summed E-state index contributed by atoms with van der Waals surface area (Å²) in [6.07, 6.45) is 0.528. The van der Waals surface area contributed by atoms with Gasteiger partial charge in [-0.05, 0) is 41.8 Å². The molecule has 1 nitrogen and oxygen atoms in total. The second-order valence-electron chi connectivity index (χ2n) is 4.31. The lowest BCUT2D eigenvalue weighted by Crippen LogP contribution is -1.97. The summed E-state index contributed by atoms with van der Waals surface area (Å²) >= 11 is 9.60. The minimum absolute atomic E-state index is 0.0456. The summed E-state index contributed by atoms with van der Waals surface area (Å²) in [6, 6.07) is 9.35. The Labute approximate surface area is 129 Å². The van der Waals surface area contributed by atoms with E-state index < -0.39 is 11.6 Å². The first-order chi connectivity index (χ1) is 9.51. The molecule has 0 aromatic heterocycles. The van der Waals surface area contributed by atoms with Gasteiger partial charge in [-0.3, -0.25) is 0 Å². The van der Waals surface area contributed by atoms with Gasteiger partial charge in [0.05, 0.1) is 12.1 Å². The maximum absolute atomic E-state index is 13.2. The highest BCUT2D eigenvalue weighted by Crippen LogP contribution is 2.33. The molecule has 1 atom stereocenters. The number of halogens is 4. The lowest BCUT2D eigenvalue weighted by molar-refractivity contribution is 0.415. The summed E-state index contributed by atoms with van der Waals surface area (Å²) in [4.78, 5) is -0.0456. The summed E-state index contributed by atoms with van der Waals surface area (Å²) < 4.78 is 31.1. The van der Waals surface area contributed by atoms with Crippen molar-refractivity contribution < 1.29 is 13.5 Å². The maximum atomic E-state index is 13.2. The van der Waals surface area contributed by atoms with Gasteiger partial charge in [0, 0.05) is 4.83 Å². The molecular weight excluding hydrogens is 350 g/mol. The molecular formula is C15H12BrClF2O. The molecule has 0 heterocycles. The zero-order chi connectivity index (χ0) is 14.7. The Bertz CT molecular complexity index is 619. The molecule has 2 aromatic rings. The molecule has 2 rings (SSSR count). The van der Waals surface area contributed by atoms with E-state index in [1.807, 2.05) is 6.07 Å². The average Bonchev–Trinajstić information content (AvgIpc) is 2.42. The van der Waals surface area contributed by atoms with Crippen LogP contribution in [0.25, 0.3) is 0 Å². The number of methoxy groups -OCH3 is 1. The van der Waals surface area contributed by atoms with Crippen molar-refractivity contribution in [3.8, 4) is 5.75 Å². The molecule has 0 N–H and O–H groups in total. The van der Waals surface area contributed by atoms with E-state index in [0.717, 1.165) is 11.6 Å². The fourth-order valence-corrected chi connectivity index (χ4v) is 2.79. The molecule has 0 fully saturated rings. The van der Waals surface area contributed by atoms with Crippen molar-refractivity contribution in [3.63, 3.8) is 0 Å². The molecule has 0 aliphatic carbocycles. The van der Waals surface area contributed by atoms with E-state index in [4.69, 9.17) is 16.3 Å². The Morgan fingerprint density at radius 3 is 2.50 bits per heavy atom. The first-order valence-electron chi connectivity index (χ1n) is 5.92. The third kappa shape index (κ3) is 3.49. The lowest BCUT2D eigenvalue weighted by Gasteiger charge is -2.12. The van der Waals surface area contributed by atoms with Crippen molar-refractivity contribution in [2.24, 2.45) is 0 Å². The van der Waals surface area contributed by atoms with Crippen molar-refractivity contribution in [2.75, 3.05) is 7.11 Å². The predicted octanol–water partition coefficient (Wildman–Crippen LogP) is 5.31. The predicted molar refractivity (Wildman–Crippen MR) is 79.7 cm³/mol.